The van der Waals surface area contributed by atoms with Crippen LogP contribution >= 0.6 is 0 Å². The van der Waals surface area contributed by atoms with Crippen LogP contribution in [0, 0.1) is 5.92 Å². The molecule has 0 radical (unpaired) electrons. The molecule has 6 nitrogen and oxygen atoms in total. The lowest BCUT2D eigenvalue weighted by Crippen LogP contribution is -2.30. The molecule has 0 aromatic heterocycles. The molecule has 266 valence electrons. The van der Waals surface area contributed by atoms with Crippen LogP contribution in [0.1, 0.15) is 77.1 Å². The lowest BCUT2D eigenvalue weighted by Gasteiger charge is -2.38. The van der Waals surface area contributed by atoms with E-state index in [-0.39, 0.29) is 46.4 Å². The maximum atomic E-state index is 12.5. The standard InChI is InChI=1S/C47H42O6/c1-46(33-7-19-41(50)20-8-33,34-9-21-42(51)22-10-34)37-27-32(45(30-3-15-39(48)16-4-30)31-5-17-40(49)18-6-31)28-38(29-37)47(2,35-11-23-43(52)24-12-35)36-13-25-44(53)26-14-36/h3-5,7-17,19-29,31,45,48,50-53H,6,18H2,1-2H3. The molecule has 6 aromatic carbocycles. The first-order valence-corrected chi connectivity index (χ1v) is 17.8. The van der Waals surface area contributed by atoms with E-state index >= 15 is 0 Å². The van der Waals surface area contributed by atoms with Crippen molar-refractivity contribution in [3.05, 3.63) is 196 Å². The minimum Gasteiger partial charge on any atom is -0.508 e. The normalized spacial score (nSPS) is 15.3. The van der Waals surface area contributed by atoms with Crippen LogP contribution in [-0.4, -0.2) is 31.3 Å². The summed E-state index contributed by atoms with van der Waals surface area (Å²) < 4.78 is 0. The molecule has 6 aromatic rings. The highest BCUT2D eigenvalue weighted by Gasteiger charge is 2.38. The van der Waals surface area contributed by atoms with E-state index < -0.39 is 10.8 Å². The average molecular weight is 703 g/mol. The van der Waals surface area contributed by atoms with Gasteiger partial charge < -0.3 is 25.5 Å². The predicted octanol–water partition coefficient (Wildman–Crippen LogP) is 9.59. The highest BCUT2D eigenvalue weighted by molar-refractivity contribution is 5.90. The fourth-order valence-electron chi connectivity index (χ4n) is 7.95. The molecule has 0 fully saturated rings. The second-order valence-corrected chi connectivity index (χ2v) is 14.4. The van der Waals surface area contributed by atoms with E-state index in [2.05, 4.69) is 32.0 Å². The van der Waals surface area contributed by atoms with E-state index in [0.29, 0.717) is 12.8 Å². The van der Waals surface area contributed by atoms with Crippen LogP contribution in [0.5, 0.6) is 28.7 Å². The number of benzene rings is 6. The number of allylic oxidation sites excluding steroid dienone is 2. The van der Waals surface area contributed by atoms with Crippen molar-refractivity contribution in [3.8, 4) is 28.7 Å². The number of ketones is 1. The van der Waals surface area contributed by atoms with Crippen molar-refractivity contribution in [2.45, 2.75) is 43.4 Å². The van der Waals surface area contributed by atoms with E-state index in [1.165, 1.54) is 0 Å². The molecule has 1 aliphatic carbocycles. The molecule has 0 bridgehead atoms. The molecule has 2 atom stereocenters. The number of aromatic hydroxyl groups is 5. The van der Waals surface area contributed by atoms with Gasteiger partial charge in [0.05, 0.1) is 0 Å². The van der Waals surface area contributed by atoms with Gasteiger partial charge in [0.25, 0.3) is 0 Å². The third-order valence-corrected chi connectivity index (χ3v) is 11.2. The van der Waals surface area contributed by atoms with Gasteiger partial charge in [0.15, 0.2) is 5.78 Å². The molecule has 53 heavy (non-hydrogen) atoms. The van der Waals surface area contributed by atoms with Gasteiger partial charge in [-0.15, -0.1) is 0 Å². The second-order valence-electron chi connectivity index (χ2n) is 14.4. The number of hydrogen-bond acceptors (Lipinski definition) is 6. The third-order valence-electron chi connectivity index (χ3n) is 11.2. The largest absolute Gasteiger partial charge is 0.508 e. The highest BCUT2D eigenvalue weighted by Crippen LogP contribution is 2.48. The van der Waals surface area contributed by atoms with Gasteiger partial charge in [-0.2, -0.15) is 0 Å². The lowest BCUT2D eigenvalue weighted by molar-refractivity contribution is -0.115. The van der Waals surface area contributed by atoms with Crippen LogP contribution in [0.25, 0.3) is 0 Å². The minimum atomic E-state index is -0.797. The van der Waals surface area contributed by atoms with Crippen LogP contribution in [0.15, 0.2) is 152 Å². The van der Waals surface area contributed by atoms with Crippen molar-refractivity contribution in [1.82, 2.24) is 0 Å². The van der Waals surface area contributed by atoms with Gasteiger partial charge in [-0.25, -0.2) is 0 Å². The van der Waals surface area contributed by atoms with E-state index in [9.17, 15) is 30.3 Å². The predicted molar refractivity (Wildman–Crippen MR) is 207 cm³/mol. The molecular formula is C47H42O6. The van der Waals surface area contributed by atoms with Crippen LogP contribution in [0.2, 0.25) is 0 Å². The summed E-state index contributed by atoms with van der Waals surface area (Å²) in [6.07, 6.45) is 4.77. The Kier molecular flexibility index (Phi) is 9.31. The van der Waals surface area contributed by atoms with Crippen molar-refractivity contribution in [3.63, 3.8) is 0 Å². The molecule has 1 aliphatic rings. The van der Waals surface area contributed by atoms with Gasteiger partial charge in [-0.3, -0.25) is 4.79 Å². The topological polar surface area (TPSA) is 118 Å². The third kappa shape index (κ3) is 6.76. The zero-order chi connectivity index (χ0) is 37.3. The fraction of sp³-hybridized carbons (Fsp3) is 0.170. The van der Waals surface area contributed by atoms with Gasteiger partial charge in [0.1, 0.15) is 28.7 Å². The average Bonchev–Trinajstić information content (AvgIpc) is 3.17. The Morgan fingerprint density at radius 3 is 1.13 bits per heavy atom. The Hall–Kier alpha value is -6.27. The van der Waals surface area contributed by atoms with Crippen molar-refractivity contribution >= 4 is 5.78 Å². The molecule has 7 rings (SSSR count). The maximum Gasteiger partial charge on any atom is 0.155 e. The zero-order valence-electron chi connectivity index (χ0n) is 29.6. The summed E-state index contributed by atoms with van der Waals surface area (Å²) in [7, 11) is 0. The summed E-state index contributed by atoms with van der Waals surface area (Å²) in [5.74, 6) is 0.623. The summed E-state index contributed by atoms with van der Waals surface area (Å²) in [4.78, 5) is 12.5. The molecule has 5 N–H and O–H groups in total. The van der Waals surface area contributed by atoms with E-state index in [4.69, 9.17) is 0 Å². The molecule has 0 aliphatic heterocycles. The molecule has 2 unspecified atom stereocenters. The first-order chi connectivity index (χ1) is 25.4. The Balaban J connectivity index is 1.58. The number of rotatable bonds is 9. The molecule has 0 saturated carbocycles. The van der Waals surface area contributed by atoms with Crippen molar-refractivity contribution < 1.29 is 30.3 Å². The summed E-state index contributed by atoms with van der Waals surface area (Å²) in [6, 6.07) is 42.7. The van der Waals surface area contributed by atoms with Gasteiger partial charge in [0.2, 0.25) is 0 Å². The maximum absolute atomic E-state index is 12.5. The minimum absolute atomic E-state index is 0.0254. The van der Waals surface area contributed by atoms with E-state index in [1.54, 1.807) is 66.7 Å². The van der Waals surface area contributed by atoms with E-state index in [0.717, 1.165) is 44.5 Å². The first kappa shape index (κ1) is 35.1. The lowest BCUT2D eigenvalue weighted by atomic mass is 9.65. The number of carbonyl (C=O) groups is 1. The number of phenolic OH excluding ortho intramolecular Hbond substituents is 5. The monoisotopic (exact) mass is 702 g/mol. The summed E-state index contributed by atoms with van der Waals surface area (Å²) in [5.41, 5.74) is 5.97. The number of carbonyl (C=O) groups excluding carboxylic acids is 1. The highest BCUT2D eigenvalue weighted by atomic mass is 16.3. The molecule has 0 spiro atoms. The first-order valence-electron chi connectivity index (χ1n) is 17.8. The molecular weight excluding hydrogens is 661 g/mol. The number of hydrogen-bond donors (Lipinski definition) is 5. The molecule has 0 heterocycles. The smallest absolute Gasteiger partial charge is 0.155 e. The molecule has 0 saturated heterocycles. The van der Waals surface area contributed by atoms with Gasteiger partial charge in [-0.05, 0) is 137 Å². The summed E-state index contributed by atoms with van der Waals surface area (Å²) in [6.45, 7) is 4.28. The summed E-state index contributed by atoms with van der Waals surface area (Å²) >= 11 is 0. The van der Waals surface area contributed by atoms with Crippen LogP contribution in [-0.2, 0) is 15.6 Å². The summed E-state index contributed by atoms with van der Waals surface area (Å²) in [5, 5.41) is 51.7. The van der Waals surface area contributed by atoms with Gasteiger partial charge in [0, 0.05) is 23.2 Å². The number of phenols is 5. The molecule has 6 heteroatoms. The zero-order valence-corrected chi connectivity index (χ0v) is 29.6. The van der Waals surface area contributed by atoms with Crippen molar-refractivity contribution in [2.75, 3.05) is 0 Å². The van der Waals surface area contributed by atoms with Crippen LogP contribution in [0.3, 0.4) is 0 Å². The Morgan fingerprint density at radius 2 is 0.811 bits per heavy atom. The van der Waals surface area contributed by atoms with Gasteiger partial charge >= 0.3 is 0 Å². The Labute approximate surface area is 309 Å². The van der Waals surface area contributed by atoms with Crippen molar-refractivity contribution in [2.24, 2.45) is 5.92 Å². The van der Waals surface area contributed by atoms with Crippen LogP contribution < -0.4 is 0 Å². The fourth-order valence-corrected chi connectivity index (χ4v) is 7.95. The van der Waals surface area contributed by atoms with Gasteiger partial charge in [-0.1, -0.05) is 84.9 Å². The quantitative estimate of drug-likeness (QED) is 0.0958. The second kappa shape index (κ2) is 14.0. The Morgan fingerprint density at radius 1 is 0.472 bits per heavy atom. The SMILES string of the molecule is CC(c1ccc(O)cc1)(c1ccc(O)cc1)c1cc(C(c2ccc(O)cc2)C2C=CC(=O)CC2)cc(C(C)(c2ccc(O)cc2)c2ccc(O)cc2)c1. The Bertz CT molecular complexity index is 2040. The van der Waals surface area contributed by atoms with E-state index in [1.807, 2.05) is 66.7 Å². The van der Waals surface area contributed by atoms with Crippen molar-refractivity contribution in [1.29, 1.82) is 0 Å². The molecule has 0 amide bonds. The van der Waals surface area contributed by atoms with Crippen LogP contribution in [0.4, 0.5) is 0 Å².